The number of piperazine rings is 1. The predicted molar refractivity (Wildman–Crippen MR) is 133 cm³/mol. The largest absolute Gasteiger partial charge is 0.443 e. The fourth-order valence-corrected chi connectivity index (χ4v) is 5.65. The van der Waals surface area contributed by atoms with Gasteiger partial charge in [-0.25, -0.2) is 9.97 Å². The molecule has 4 heterocycles. The molecule has 1 fully saturated rings. The number of benzene rings is 1. The fraction of sp³-hybridized carbons (Fsp3) is 0.360. The van der Waals surface area contributed by atoms with Crippen molar-refractivity contribution in [2.75, 3.05) is 24.5 Å². The number of carbonyl (C=O) groups excluding carboxylic acids is 1. The van der Waals surface area contributed by atoms with Crippen LogP contribution < -0.4 is 4.90 Å². The van der Waals surface area contributed by atoms with E-state index in [1.807, 2.05) is 56.0 Å². The lowest BCUT2D eigenvalue weighted by atomic mass is 10.1. The highest BCUT2D eigenvalue weighted by atomic mass is 32.1. The second-order valence-corrected chi connectivity index (χ2v) is 10.1. The van der Waals surface area contributed by atoms with E-state index in [0.29, 0.717) is 47.3 Å². The minimum Gasteiger partial charge on any atom is -0.358 e. The van der Waals surface area contributed by atoms with Crippen LogP contribution in [0, 0.1) is 13.8 Å². The molecular formula is C25H25F3N6OS. The number of aromatic amines is 1. The van der Waals surface area contributed by atoms with Gasteiger partial charge in [-0.3, -0.25) is 9.78 Å². The summed E-state index contributed by atoms with van der Waals surface area (Å²) in [6.07, 6.45) is -4.30. The Labute approximate surface area is 210 Å². The van der Waals surface area contributed by atoms with Crippen molar-refractivity contribution < 1.29 is 18.0 Å². The molecule has 7 nitrogen and oxygen atoms in total. The molecule has 1 atom stereocenters. The second kappa shape index (κ2) is 9.20. The van der Waals surface area contributed by atoms with Gasteiger partial charge in [-0.05, 0) is 50.6 Å². The van der Waals surface area contributed by atoms with Crippen molar-refractivity contribution in [3.63, 3.8) is 0 Å². The Balaban J connectivity index is 1.39. The highest BCUT2D eigenvalue weighted by molar-refractivity contribution is 7.16. The Bertz CT molecular complexity index is 1380. The number of carbonyl (C=O) groups is 1. The molecule has 1 aliphatic heterocycles. The summed E-state index contributed by atoms with van der Waals surface area (Å²) in [5.74, 6) is 0.289. The van der Waals surface area contributed by atoms with Crippen LogP contribution >= 0.6 is 11.3 Å². The molecule has 188 valence electrons. The van der Waals surface area contributed by atoms with E-state index in [-0.39, 0.29) is 24.1 Å². The van der Waals surface area contributed by atoms with Gasteiger partial charge in [0, 0.05) is 37.1 Å². The van der Waals surface area contributed by atoms with Crippen LogP contribution in [0.4, 0.5) is 18.2 Å². The molecule has 0 bridgehead atoms. The number of aromatic nitrogens is 4. The number of anilines is 1. The SMILES string of the molecule is Cc1cc(CC(=O)N2CCN(c3sc(C(F)(F)F)nc3-c3nc4ccccc4[nH]3)CC2C)cc(C)n1. The summed E-state index contributed by atoms with van der Waals surface area (Å²) in [5.41, 5.74) is 4.19. The van der Waals surface area contributed by atoms with Crippen LogP contribution in [0.2, 0.25) is 0 Å². The van der Waals surface area contributed by atoms with Crippen molar-refractivity contribution in [2.24, 2.45) is 0 Å². The summed E-state index contributed by atoms with van der Waals surface area (Å²) < 4.78 is 40.9. The van der Waals surface area contributed by atoms with Crippen LogP contribution in [0.25, 0.3) is 22.6 Å². The Morgan fingerprint density at radius 2 is 1.83 bits per heavy atom. The van der Waals surface area contributed by atoms with E-state index < -0.39 is 11.2 Å². The Hall–Kier alpha value is -3.47. The molecule has 0 radical (unpaired) electrons. The lowest BCUT2D eigenvalue weighted by Gasteiger charge is -2.40. The monoisotopic (exact) mass is 514 g/mol. The van der Waals surface area contributed by atoms with Crippen molar-refractivity contribution >= 4 is 33.3 Å². The van der Waals surface area contributed by atoms with Crippen LogP contribution in [-0.4, -0.2) is 56.4 Å². The molecule has 4 aromatic rings. The predicted octanol–water partition coefficient (Wildman–Crippen LogP) is 5.00. The number of hydrogen-bond donors (Lipinski definition) is 1. The number of H-pyrrole nitrogens is 1. The topological polar surface area (TPSA) is 78.0 Å². The number of nitrogens with zero attached hydrogens (tertiary/aromatic N) is 5. The molecule has 0 spiro atoms. The van der Waals surface area contributed by atoms with Crippen LogP contribution in [-0.2, 0) is 17.4 Å². The second-order valence-electron chi connectivity index (χ2n) is 9.09. The van der Waals surface area contributed by atoms with Gasteiger partial charge in [0.25, 0.3) is 0 Å². The molecule has 1 saturated heterocycles. The lowest BCUT2D eigenvalue weighted by Crippen LogP contribution is -2.54. The number of nitrogens with one attached hydrogen (secondary N) is 1. The molecule has 0 saturated carbocycles. The van der Waals surface area contributed by atoms with Crippen molar-refractivity contribution in [1.29, 1.82) is 0 Å². The van der Waals surface area contributed by atoms with E-state index in [2.05, 4.69) is 19.9 Å². The van der Waals surface area contributed by atoms with Crippen LogP contribution in [0.5, 0.6) is 0 Å². The van der Waals surface area contributed by atoms with Gasteiger partial charge in [0.05, 0.1) is 17.5 Å². The molecule has 5 rings (SSSR count). The van der Waals surface area contributed by atoms with Crippen molar-refractivity contribution in [2.45, 2.75) is 39.4 Å². The van der Waals surface area contributed by atoms with Gasteiger partial charge in [-0.2, -0.15) is 13.2 Å². The first kappa shape index (κ1) is 24.2. The minimum atomic E-state index is -4.56. The van der Waals surface area contributed by atoms with Gasteiger partial charge >= 0.3 is 6.18 Å². The molecular weight excluding hydrogens is 489 g/mol. The molecule has 1 aromatic carbocycles. The summed E-state index contributed by atoms with van der Waals surface area (Å²) in [6, 6.07) is 10.9. The quantitative estimate of drug-likeness (QED) is 0.415. The average Bonchev–Trinajstić information content (AvgIpc) is 3.42. The van der Waals surface area contributed by atoms with Crippen molar-refractivity contribution in [3.05, 3.63) is 58.4 Å². The third-order valence-corrected chi connectivity index (χ3v) is 7.36. The van der Waals surface area contributed by atoms with Gasteiger partial charge in [0.1, 0.15) is 10.7 Å². The molecule has 1 amide bonds. The number of hydrogen-bond acceptors (Lipinski definition) is 6. The van der Waals surface area contributed by atoms with Crippen LogP contribution in [0.1, 0.15) is 28.9 Å². The van der Waals surface area contributed by atoms with Crippen molar-refractivity contribution in [3.8, 4) is 11.5 Å². The summed E-state index contributed by atoms with van der Waals surface area (Å²) in [6.45, 7) is 6.91. The molecule has 36 heavy (non-hydrogen) atoms. The summed E-state index contributed by atoms with van der Waals surface area (Å²) in [4.78, 5) is 32.6. The number of imidazole rings is 1. The Kier molecular flexibility index (Phi) is 6.19. The fourth-order valence-electron chi connectivity index (χ4n) is 4.68. The van der Waals surface area contributed by atoms with Gasteiger partial charge in [0.2, 0.25) is 10.9 Å². The highest BCUT2D eigenvalue weighted by Gasteiger charge is 2.39. The van der Waals surface area contributed by atoms with E-state index in [1.165, 1.54) is 0 Å². The first-order valence-corrected chi connectivity index (χ1v) is 12.4. The van der Waals surface area contributed by atoms with Crippen LogP contribution in [0.3, 0.4) is 0 Å². The van der Waals surface area contributed by atoms with Crippen molar-refractivity contribution in [1.82, 2.24) is 24.8 Å². The van der Waals surface area contributed by atoms with E-state index in [0.717, 1.165) is 22.5 Å². The first-order valence-electron chi connectivity index (χ1n) is 11.6. The van der Waals surface area contributed by atoms with Gasteiger partial charge in [-0.15, -0.1) is 0 Å². The number of alkyl halides is 3. The van der Waals surface area contributed by atoms with E-state index in [4.69, 9.17) is 0 Å². The number of aryl methyl sites for hydroxylation is 2. The number of amides is 1. The molecule has 3 aromatic heterocycles. The van der Waals surface area contributed by atoms with Gasteiger partial charge < -0.3 is 14.8 Å². The van der Waals surface area contributed by atoms with E-state index >= 15 is 0 Å². The Morgan fingerprint density at radius 3 is 2.50 bits per heavy atom. The number of pyridine rings is 1. The molecule has 11 heteroatoms. The smallest absolute Gasteiger partial charge is 0.358 e. The van der Waals surface area contributed by atoms with Crippen LogP contribution in [0.15, 0.2) is 36.4 Å². The van der Waals surface area contributed by atoms with E-state index in [1.54, 1.807) is 11.0 Å². The zero-order valence-corrected chi connectivity index (χ0v) is 20.9. The number of thiazole rings is 1. The molecule has 1 unspecified atom stereocenters. The first-order chi connectivity index (χ1) is 17.1. The number of rotatable bonds is 4. The summed E-state index contributed by atoms with van der Waals surface area (Å²) >= 11 is 0.615. The molecule has 1 N–H and O–H groups in total. The number of fused-ring (bicyclic) bond motifs is 1. The third-order valence-electron chi connectivity index (χ3n) is 6.20. The third kappa shape index (κ3) is 4.79. The highest BCUT2D eigenvalue weighted by Crippen LogP contribution is 2.42. The standard InChI is InChI=1S/C25H25F3N6OS/c1-14-10-17(11-15(2)29-14)12-20(35)34-9-8-33(13-16(34)3)23-21(32-24(36-23)25(26,27)28)22-30-18-6-4-5-7-19(18)31-22/h4-7,10-11,16H,8-9,12-13H2,1-3H3,(H,30,31). The zero-order valence-electron chi connectivity index (χ0n) is 20.1. The summed E-state index contributed by atoms with van der Waals surface area (Å²) in [7, 11) is 0. The minimum absolute atomic E-state index is 0.00931. The Morgan fingerprint density at radius 1 is 1.11 bits per heavy atom. The normalized spacial score (nSPS) is 16.7. The maximum atomic E-state index is 13.6. The molecule has 1 aliphatic rings. The summed E-state index contributed by atoms with van der Waals surface area (Å²) in [5, 5.41) is -0.511. The lowest BCUT2D eigenvalue weighted by molar-refractivity contribution is -0.137. The number of para-hydroxylation sites is 2. The average molecular weight is 515 g/mol. The number of halogens is 3. The maximum Gasteiger partial charge on any atom is 0.443 e. The zero-order chi connectivity index (χ0) is 25.6. The molecule has 0 aliphatic carbocycles. The van der Waals surface area contributed by atoms with Gasteiger partial charge in [-0.1, -0.05) is 23.5 Å². The van der Waals surface area contributed by atoms with E-state index in [9.17, 15) is 18.0 Å². The van der Waals surface area contributed by atoms with Gasteiger partial charge in [0.15, 0.2) is 5.82 Å². The maximum absolute atomic E-state index is 13.6.